The van der Waals surface area contributed by atoms with E-state index in [0.29, 0.717) is 10.7 Å². The highest BCUT2D eigenvalue weighted by atomic mass is 35.5. The Balaban J connectivity index is 1.44. The molecular formula is C29H29ClF5NO4S. The normalized spacial score (nSPS) is 43.2. The number of aliphatic hydroxyl groups excluding tert-OH is 1. The number of allylic oxidation sites excluding steroid dienone is 4. The predicted molar refractivity (Wildman–Crippen MR) is 144 cm³/mol. The van der Waals surface area contributed by atoms with Crippen molar-refractivity contribution < 1.29 is 41.5 Å². The summed E-state index contributed by atoms with van der Waals surface area (Å²) in [4.78, 5) is 32.4. The lowest BCUT2D eigenvalue weighted by Gasteiger charge is -2.63. The molecular weight excluding hydrogens is 589 g/mol. The molecule has 12 heteroatoms. The predicted octanol–water partition coefficient (Wildman–Crippen LogP) is 6.20. The molecule has 0 aromatic heterocycles. The highest BCUT2D eigenvalue weighted by Gasteiger charge is 2.80. The van der Waals surface area contributed by atoms with Crippen molar-refractivity contribution >= 4 is 39.9 Å². The van der Waals surface area contributed by atoms with Crippen LogP contribution in [0.4, 0.5) is 27.6 Å². The van der Waals surface area contributed by atoms with Gasteiger partial charge in [-0.1, -0.05) is 36.4 Å². The molecule has 0 amide bonds. The first kappa shape index (κ1) is 29.1. The number of carbonyl (C=O) groups is 2. The fourth-order valence-electron chi connectivity index (χ4n) is 8.60. The zero-order chi connectivity index (χ0) is 29.8. The Hall–Kier alpha value is -1.95. The van der Waals surface area contributed by atoms with Crippen LogP contribution in [0.25, 0.3) is 0 Å². The summed E-state index contributed by atoms with van der Waals surface area (Å²) in [5.41, 5.74) is -6.62. The summed E-state index contributed by atoms with van der Waals surface area (Å²) in [5, 5.41) is 12.7. The second kappa shape index (κ2) is 9.27. The Morgan fingerprint density at radius 1 is 1.20 bits per heavy atom. The van der Waals surface area contributed by atoms with Crippen molar-refractivity contribution in [1.29, 1.82) is 0 Å². The molecule has 4 fully saturated rings. The van der Waals surface area contributed by atoms with Crippen LogP contribution in [0.15, 0.2) is 48.1 Å². The zero-order valence-electron chi connectivity index (χ0n) is 22.3. The molecule has 41 heavy (non-hydrogen) atoms. The molecule has 0 bridgehead atoms. The van der Waals surface area contributed by atoms with E-state index in [1.54, 1.807) is 31.2 Å². The third-order valence-corrected chi connectivity index (χ3v) is 11.7. The molecule has 1 aromatic carbocycles. The number of ketones is 1. The molecule has 5 nitrogen and oxygen atoms in total. The monoisotopic (exact) mass is 617 g/mol. The third-order valence-electron chi connectivity index (χ3n) is 10.4. The van der Waals surface area contributed by atoms with Gasteiger partial charge in [0.15, 0.2) is 17.1 Å². The molecule has 0 spiro atoms. The summed E-state index contributed by atoms with van der Waals surface area (Å²) >= 11 is 6.12. The lowest BCUT2D eigenvalue weighted by Crippen LogP contribution is -2.70. The SMILES string of the molecule is C[C@]12C=CC(=O)C=C1[C@@H](F)C[C@H]1[C@@H]3C[C@H]4CN(c5ccc(Cl)cc5)O[C@@]4(C(=O)SCC(F)(F)F)[C@@]3(C)C[C@H](O)[C@@]12F. The first-order valence-electron chi connectivity index (χ1n) is 13.5. The summed E-state index contributed by atoms with van der Waals surface area (Å²) in [6.45, 7) is 3.25. The van der Waals surface area contributed by atoms with Gasteiger partial charge in [0.25, 0.3) is 0 Å². The van der Waals surface area contributed by atoms with Crippen LogP contribution in [-0.2, 0) is 14.4 Å². The van der Waals surface area contributed by atoms with E-state index in [-0.39, 0.29) is 43.1 Å². The van der Waals surface area contributed by atoms with Gasteiger partial charge in [0.05, 0.1) is 24.1 Å². The molecule has 0 radical (unpaired) electrons. The van der Waals surface area contributed by atoms with Crippen LogP contribution >= 0.6 is 23.4 Å². The van der Waals surface area contributed by atoms with Gasteiger partial charge in [-0.05, 0) is 74.1 Å². The van der Waals surface area contributed by atoms with Gasteiger partial charge >= 0.3 is 6.18 Å². The Labute approximate surface area is 243 Å². The van der Waals surface area contributed by atoms with Crippen LogP contribution < -0.4 is 5.06 Å². The van der Waals surface area contributed by atoms with Gasteiger partial charge in [-0.3, -0.25) is 19.5 Å². The fourth-order valence-corrected chi connectivity index (χ4v) is 9.68. The number of thioether (sulfide) groups is 1. The van der Waals surface area contributed by atoms with E-state index in [1.165, 1.54) is 24.1 Å². The van der Waals surface area contributed by atoms with Gasteiger partial charge in [-0.25, -0.2) is 8.78 Å². The highest BCUT2D eigenvalue weighted by Crippen LogP contribution is 2.73. The minimum Gasteiger partial charge on any atom is -0.390 e. The molecule has 6 rings (SSSR count). The van der Waals surface area contributed by atoms with Crippen molar-refractivity contribution in [2.24, 2.45) is 28.6 Å². The van der Waals surface area contributed by atoms with Gasteiger partial charge in [0.1, 0.15) is 6.17 Å². The number of hydroxylamine groups is 1. The standard InChI is InChI=1S/C29H29ClF5NO4S/c1-25-8-7-18(37)10-21(25)22(31)11-20-19-9-15-13-36(17-5-3-16(30)4-6-17)40-29(15,24(39)41-14-27(32,33)34)26(19,2)12-23(38)28(20,25)35/h3-8,10,15,19-20,22-23,38H,9,11-14H2,1-2H3/t15-,19-,20-,22-,23-,25-,26-,28-,29-/m0/s1. The molecule has 1 saturated heterocycles. The van der Waals surface area contributed by atoms with E-state index in [0.717, 1.165) is 6.08 Å². The average Bonchev–Trinajstić information content (AvgIpc) is 3.39. The highest BCUT2D eigenvalue weighted by molar-refractivity contribution is 8.13. The van der Waals surface area contributed by atoms with Gasteiger partial charge in [-0.2, -0.15) is 13.2 Å². The van der Waals surface area contributed by atoms with E-state index in [4.69, 9.17) is 16.4 Å². The van der Waals surface area contributed by atoms with Crippen molar-refractivity contribution in [1.82, 2.24) is 0 Å². The number of fused-ring (bicyclic) bond motifs is 7. The Kier molecular flexibility index (Phi) is 6.59. The number of aliphatic hydroxyl groups is 1. The molecule has 0 unspecified atom stereocenters. The fraction of sp³-hybridized carbons (Fsp3) is 0.586. The maximum absolute atomic E-state index is 17.5. The lowest BCUT2D eigenvalue weighted by molar-refractivity contribution is -0.225. The number of nitrogens with zero attached hydrogens (tertiary/aromatic N) is 1. The molecule has 1 N–H and O–H groups in total. The van der Waals surface area contributed by atoms with Crippen LogP contribution in [0.5, 0.6) is 0 Å². The third kappa shape index (κ3) is 3.94. The molecule has 1 aromatic rings. The summed E-state index contributed by atoms with van der Waals surface area (Å²) in [7, 11) is 0. The van der Waals surface area contributed by atoms with Crippen LogP contribution in [-0.4, -0.2) is 58.0 Å². The zero-order valence-corrected chi connectivity index (χ0v) is 23.8. The quantitative estimate of drug-likeness (QED) is 0.408. The average molecular weight is 618 g/mol. The number of halogens is 6. The minimum atomic E-state index is -4.62. The lowest BCUT2D eigenvalue weighted by atomic mass is 9.44. The van der Waals surface area contributed by atoms with Crippen LogP contribution in [0.3, 0.4) is 0 Å². The van der Waals surface area contributed by atoms with Gasteiger partial charge in [0, 0.05) is 27.7 Å². The van der Waals surface area contributed by atoms with Crippen molar-refractivity contribution in [3.63, 3.8) is 0 Å². The molecule has 1 heterocycles. The second-order valence-electron chi connectivity index (χ2n) is 12.3. The van der Waals surface area contributed by atoms with E-state index in [2.05, 4.69) is 0 Å². The number of benzene rings is 1. The summed E-state index contributed by atoms with van der Waals surface area (Å²) in [5.74, 6) is -4.31. The first-order chi connectivity index (χ1) is 19.1. The number of rotatable bonds is 3. The summed E-state index contributed by atoms with van der Waals surface area (Å²) in [6, 6.07) is 6.55. The van der Waals surface area contributed by atoms with Crippen molar-refractivity contribution in [3.8, 4) is 0 Å². The molecule has 222 valence electrons. The van der Waals surface area contributed by atoms with E-state index in [9.17, 15) is 27.9 Å². The number of carbonyl (C=O) groups excluding carboxylic acids is 2. The number of anilines is 1. The van der Waals surface area contributed by atoms with Crippen LogP contribution in [0.2, 0.25) is 5.02 Å². The first-order valence-corrected chi connectivity index (χ1v) is 14.9. The topological polar surface area (TPSA) is 66.8 Å². The maximum atomic E-state index is 17.5. The smallest absolute Gasteiger partial charge is 0.390 e. The molecule has 4 aliphatic carbocycles. The van der Waals surface area contributed by atoms with Crippen molar-refractivity contribution in [2.75, 3.05) is 17.4 Å². The number of hydrogen-bond acceptors (Lipinski definition) is 6. The number of hydrogen-bond donors (Lipinski definition) is 1. The molecule has 3 saturated carbocycles. The largest absolute Gasteiger partial charge is 0.398 e. The van der Waals surface area contributed by atoms with Gasteiger partial charge in [-0.15, -0.1) is 0 Å². The van der Waals surface area contributed by atoms with E-state index in [1.807, 2.05) is 0 Å². The van der Waals surface area contributed by atoms with Crippen molar-refractivity contribution in [3.05, 3.63) is 53.1 Å². The van der Waals surface area contributed by atoms with Crippen molar-refractivity contribution in [2.45, 2.75) is 62.8 Å². The van der Waals surface area contributed by atoms with E-state index >= 15 is 8.78 Å². The molecule has 9 atom stereocenters. The maximum Gasteiger partial charge on any atom is 0.398 e. The second-order valence-corrected chi connectivity index (χ2v) is 13.7. The number of alkyl halides is 5. The van der Waals surface area contributed by atoms with Crippen LogP contribution in [0.1, 0.15) is 33.1 Å². The summed E-state index contributed by atoms with van der Waals surface area (Å²) < 4.78 is 73.0. The van der Waals surface area contributed by atoms with E-state index < -0.39 is 75.0 Å². The minimum absolute atomic E-state index is 0.0266. The summed E-state index contributed by atoms with van der Waals surface area (Å²) in [6.07, 6.45) is -4.84. The Morgan fingerprint density at radius 2 is 1.88 bits per heavy atom. The van der Waals surface area contributed by atoms with Gasteiger partial charge in [0.2, 0.25) is 5.12 Å². The van der Waals surface area contributed by atoms with Gasteiger partial charge < -0.3 is 5.11 Å². The molecule has 1 aliphatic heterocycles. The Bertz CT molecular complexity index is 1360. The van der Waals surface area contributed by atoms with Crippen LogP contribution in [0, 0.1) is 28.6 Å². The Morgan fingerprint density at radius 3 is 2.54 bits per heavy atom. The molecule has 5 aliphatic rings.